The molecule has 2 nitrogen and oxygen atoms in total. The zero-order chi connectivity index (χ0) is 12.1. The molecule has 1 aromatic heterocycles. The number of ether oxygens (including phenoxy) is 1. The van der Waals surface area contributed by atoms with Gasteiger partial charge < -0.3 is 10.5 Å². The molecule has 1 heterocycles. The molecule has 17 heavy (non-hydrogen) atoms. The Morgan fingerprint density at radius 2 is 2.00 bits per heavy atom. The highest BCUT2D eigenvalue weighted by Crippen LogP contribution is 2.18. The third-order valence-corrected chi connectivity index (χ3v) is 3.64. The minimum atomic E-state index is 0.121. The number of nitrogen functional groups attached to an aromatic ring is 1. The Bertz CT molecular complexity index is 436. The average Bonchev–Trinajstić information content (AvgIpc) is 2.83. The van der Waals surface area contributed by atoms with Crippen molar-refractivity contribution in [3.63, 3.8) is 0 Å². The molecule has 0 aliphatic rings. The predicted octanol–water partition coefficient (Wildman–Crippen LogP) is 3.65. The lowest BCUT2D eigenvalue weighted by Gasteiger charge is -2.13. The summed E-state index contributed by atoms with van der Waals surface area (Å²) in [5, 5.41) is 2.10. The minimum Gasteiger partial charge on any atom is -0.399 e. The maximum Gasteiger partial charge on any atom is 0.0796 e. The summed E-state index contributed by atoms with van der Waals surface area (Å²) >= 11 is 1.78. The summed E-state index contributed by atoms with van der Waals surface area (Å²) in [4.78, 5) is 1.37. The number of rotatable bonds is 5. The van der Waals surface area contributed by atoms with Gasteiger partial charge in [-0.1, -0.05) is 18.2 Å². The molecule has 0 spiro atoms. The number of nitrogens with two attached hydrogens (primary N) is 1. The van der Waals surface area contributed by atoms with Gasteiger partial charge in [-0.15, -0.1) is 11.3 Å². The Balaban J connectivity index is 1.81. The van der Waals surface area contributed by atoms with E-state index in [1.807, 2.05) is 24.3 Å². The van der Waals surface area contributed by atoms with E-state index in [1.54, 1.807) is 11.3 Å². The van der Waals surface area contributed by atoms with Gasteiger partial charge >= 0.3 is 0 Å². The molecule has 90 valence electrons. The monoisotopic (exact) mass is 247 g/mol. The summed E-state index contributed by atoms with van der Waals surface area (Å²) in [5.41, 5.74) is 7.61. The quantitative estimate of drug-likeness (QED) is 0.818. The Morgan fingerprint density at radius 1 is 1.24 bits per heavy atom. The predicted molar refractivity (Wildman–Crippen MR) is 73.2 cm³/mol. The molecule has 2 rings (SSSR count). The van der Waals surface area contributed by atoms with Crippen molar-refractivity contribution in [2.45, 2.75) is 19.4 Å². The minimum absolute atomic E-state index is 0.121. The second-order valence-electron chi connectivity index (χ2n) is 4.01. The second-order valence-corrected chi connectivity index (χ2v) is 5.04. The van der Waals surface area contributed by atoms with E-state index in [0.29, 0.717) is 0 Å². The fraction of sp³-hybridized carbons (Fsp3) is 0.286. The van der Waals surface area contributed by atoms with Crippen LogP contribution in [0.4, 0.5) is 5.69 Å². The maximum atomic E-state index is 5.81. The smallest absolute Gasteiger partial charge is 0.0796 e. The molecule has 2 aromatic rings. The lowest BCUT2D eigenvalue weighted by molar-refractivity contribution is 0.0685. The Labute approximate surface area is 106 Å². The summed E-state index contributed by atoms with van der Waals surface area (Å²) in [5.74, 6) is 0. The zero-order valence-corrected chi connectivity index (χ0v) is 10.7. The van der Waals surface area contributed by atoms with Crippen LogP contribution in [-0.2, 0) is 11.2 Å². The summed E-state index contributed by atoms with van der Waals surface area (Å²) in [7, 11) is 0. The van der Waals surface area contributed by atoms with Gasteiger partial charge in [0.05, 0.1) is 12.7 Å². The van der Waals surface area contributed by atoms with E-state index < -0.39 is 0 Å². The zero-order valence-electron chi connectivity index (χ0n) is 9.93. The van der Waals surface area contributed by atoms with Gasteiger partial charge in [0.25, 0.3) is 0 Å². The first kappa shape index (κ1) is 12.1. The molecule has 0 bridgehead atoms. The highest BCUT2D eigenvalue weighted by Gasteiger charge is 2.05. The van der Waals surface area contributed by atoms with Crippen LogP contribution >= 0.6 is 11.3 Å². The van der Waals surface area contributed by atoms with Gasteiger partial charge in [0.2, 0.25) is 0 Å². The highest BCUT2D eigenvalue weighted by atomic mass is 32.1. The van der Waals surface area contributed by atoms with Crippen LogP contribution in [0.25, 0.3) is 0 Å². The Morgan fingerprint density at radius 3 is 2.65 bits per heavy atom. The molecular weight excluding hydrogens is 230 g/mol. The van der Waals surface area contributed by atoms with Gasteiger partial charge in [-0.3, -0.25) is 0 Å². The fourth-order valence-electron chi connectivity index (χ4n) is 1.65. The number of hydrogen-bond acceptors (Lipinski definition) is 3. The van der Waals surface area contributed by atoms with Crippen LogP contribution in [0.15, 0.2) is 41.8 Å². The molecule has 2 N–H and O–H groups in total. The Kier molecular flexibility index (Phi) is 4.18. The van der Waals surface area contributed by atoms with Crippen LogP contribution in [0.2, 0.25) is 0 Å². The standard InChI is InChI=1S/C14H17NOS/c1-11(12-4-6-13(15)7-5-12)16-9-8-14-3-2-10-17-14/h2-7,10-11H,8-9,15H2,1H3. The van der Waals surface area contributed by atoms with Gasteiger partial charge in [0.1, 0.15) is 0 Å². The van der Waals surface area contributed by atoms with Gasteiger partial charge in [-0.2, -0.15) is 0 Å². The van der Waals surface area contributed by atoms with Gasteiger partial charge in [0.15, 0.2) is 0 Å². The van der Waals surface area contributed by atoms with Crippen LogP contribution in [-0.4, -0.2) is 6.61 Å². The average molecular weight is 247 g/mol. The van der Waals surface area contributed by atoms with Crippen LogP contribution < -0.4 is 5.73 Å². The number of thiophene rings is 1. The van der Waals surface area contributed by atoms with Crippen LogP contribution in [0.5, 0.6) is 0 Å². The van der Waals surface area contributed by atoms with Crippen molar-refractivity contribution in [2.24, 2.45) is 0 Å². The van der Waals surface area contributed by atoms with Crippen LogP contribution in [0.1, 0.15) is 23.5 Å². The van der Waals surface area contributed by atoms with Crippen molar-refractivity contribution in [2.75, 3.05) is 12.3 Å². The number of benzene rings is 1. The van der Waals surface area contributed by atoms with E-state index in [4.69, 9.17) is 10.5 Å². The lowest BCUT2D eigenvalue weighted by Crippen LogP contribution is -2.03. The largest absolute Gasteiger partial charge is 0.399 e. The third kappa shape index (κ3) is 3.58. The van der Waals surface area contributed by atoms with Gasteiger partial charge in [0, 0.05) is 17.0 Å². The molecule has 0 fully saturated rings. The van der Waals surface area contributed by atoms with E-state index in [2.05, 4.69) is 24.4 Å². The number of anilines is 1. The summed E-state index contributed by atoms with van der Waals surface area (Å²) in [6.45, 7) is 2.83. The molecule has 0 saturated carbocycles. The van der Waals surface area contributed by atoms with Crippen molar-refractivity contribution in [1.82, 2.24) is 0 Å². The molecule has 1 atom stereocenters. The molecular formula is C14H17NOS. The molecule has 3 heteroatoms. The second kappa shape index (κ2) is 5.84. The molecule has 1 unspecified atom stereocenters. The third-order valence-electron chi connectivity index (χ3n) is 2.70. The van der Waals surface area contributed by atoms with Gasteiger partial charge in [-0.25, -0.2) is 0 Å². The molecule has 0 saturated heterocycles. The highest BCUT2D eigenvalue weighted by molar-refractivity contribution is 7.09. The summed E-state index contributed by atoms with van der Waals surface area (Å²) in [6.07, 6.45) is 1.10. The normalized spacial score (nSPS) is 12.5. The summed E-state index contributed by atoms with van der Waals surface area (Å²) in [6, 6.07) is 12.1. The summed E-state index contributed by atoms with van der Waals surface area (Å²) < 4.78 is 5.81. The van der Waals surface area contributed by atoms with Crippen molar-refractivity contribution >= 4 is 17.0 Å². The van der Waals surface area contributed by atoms with Crippen molar-refractivity contribution in [3.05, 3.63) is 52.2 Å². The van der Waals surface area contributed by atoms with E-state index in [0.717, 1.165) is 18.7 Å². The van der Waals surface area contributed by atoms with Gasteiger partial charge in [-0.05, 0) is 36.1 Å². The van der Waals surface area contributed by atoms with E-state index in [9.17, 15) is 0 Å². The molecule has 0 radical (unpaired) electrons. The molecule has 0 aliphatic heterocycles. The lowest BCUT2D eigenvalue weighted by atomic mass is 10.1. The maximum absolute atomic E-state index is 5.81. The van der Waals surface area contributed by atoms with Crippen molar-refractivity contribution < 1.29 is 4.74 Å². The first-order valence-corrected chi connectivity index (χ1v) is 6.63. The fourth-order valence-corrected chi connectivity index (χ4v) is 2.34. The van der Waals surface area contributed by atoms with E-state index in [-0.39, 0.29) is 6.10 Å². The Hall–Kier alpha value is -1.32. The van der Waals surface area contributed by atoms with E-state index in [1.165, 1.54) is 10.4 Å². The number of hydrogen-bond donors (Lipinski definition) is 1. The molecule has 0 amide bonds. The SMILES string of the molecule is CC(OCCc1cccs1)c1ccc(N)cc1. The van der Waals surface area contributed by atoms with Crippen molar-refractivity contribution in [1.29, 1.82) is 0 Å². The van der Waals surface area contributed by atoms with Crippen LogP contribution in [0.3, 0.4) is 0 Å². The first-order valence-electron chi connectivity index (χ1n) is 5.75. The van der Waals surface area contributed by atoms with Crippen LogP contribution in [0, 0.1) is 0 Å². The van der Waals surface area contributed by atoms with Crippen molar-refractivity contribution in [3.8, 4) is 0 Å². The molecule has 1 aromatic carbocycles. The van der Waals surface area contributed by atoms with E-state index >= 15 is 0 Å². The first-order chi connectivity index (χ1) is 8.25. The topological polar surface area (TPSA) is 35.2 Å². The molecule has 0 aliphatic carbocycles.